The third-order valence-electron chi connectivity index (χ3n) is 3.02. The number of aliphatic imine (C=N–C) groups is 1. The van der Waals surface area contributed by atoms with Gasteiger partial charge in [-0.3, -0.25) is 4.99 Å². The van der Waals surface area contributed by atoms with Crippen molar-refractivity contribution in [2.75, 3.05) is 19.0 Å². The van der Waals surface area contributed by atoms with E-state index in [0.29, 0.717) is 11.9 Å². The third kappa shape index (κ3) is 6.66. The van der Waals surface area contributed by atoms with E-state index >= 15 is 0 Å². The number of hydrogen-bond acceptors (Lipinski definition) is 2. The minimum absolute atomic E-state index is 0. The van der Waals surface area contributed by atoms with E-state index in [9.17, 15) is 0 Å². The summed E-state index contributed by atoms with van der Waals surface area (Å²) in [6.45, 7) is 5.13. The van der Waals surface area contributed by atoms with Crippen molar-refractivity contribution in [1.82, 2.24) is 0 Å². The average Bonchev–Trinajstić information content (AvgIpc) is 2.40. The van der Waals surface area contributed by atoms with Gasteiger partial charge in [0.05, 0.1) is 7.11 Å². The number of methoxy groups -OCH3 is 1. The molecule has 1 aromatic rings. The first-order chi connectivity index (χ1) is 8.69. The van der Waals surface area contributed by atoms with Crippen molar-refractivity contribution >= 4 is 35.6 Å². The second-order valence-electron chi connectivity index (χ2n) is 4.27. The largest absolute Gasteiger partial charge is 0.497 e. The van der Waals surface area contributed by atoms with E-state index in [4.69, 9.17) is 10.5 Å². The highest BCUT2D eigenvalue weighted by Crippen LogP contribution is 2.16. The van der Waals surface area contributed by atoms with Crippen molar-refractivity contribution in [1.29, 1.82) is 0 Å². The van der Waals surface area contributed by atoms with Crippen LogP contribution in [0, 0.1) is 5.92 Å². The van der Waals surface area contributed by atoms with E-state index < -0.39 is 0 Å². The normalized spacial score (nSPS) is 11.1. The Morgan fingerprint density at radius 2 is 2.05 bits per heavy atom. The Morgan fingerprint density at radius 1 is 1.37 bits per heavy atom. The number of anilines is 1. The van der Waals surface area contributed by atoms with Gasteiger partial charge in [-0.15, -0.1) is 24.0 Å². The smallest absolute Gasteiger partial charge is 0.193 e. The van der Waals surface area contributed by atoms with Crippen LogP contribution in [-0.4, -0.2) is 19.6 Å². The summed E-state index contributed by atoms with van der Waals surface area (Å²) in [5.41, 5.74) is 6.74. The zero-order valence-electron chi connectivity index (χ0n) is 11.8. The second kappa shape index (κ2) is 9.89. The molecule has 0 amide bonds. The molecule has 108 valence electrons. The number of ether oxygens (including phenoxy) is 1. The molecule has 0 saturated carbocycles. The van der Waals surface area contributed by atoms with Gasteiger partial charge in [-0.2, -0.15) is 0 Å². The first-order valence-corrected chi connectivity index (χ1v) is 6.40. The first kappa shape index (κ1) is 18.0. The zero-order valence-corrected chi connectivity index (χ0v) is 14.2. The van der Waals surface area contributed by atoms with E-state index in [0.717, 1.165) is 30.8 Å². The number of nitrogens with one attached hydrogen (secondary N) is 1. The van der Waals surface area contributed by atoms with Crippen LogP contribution in [0.5, 0.6) is 5.75 Å². The summed E-state index contributed by atoms with van der Waals surface area (Å²) in [5, 5.41) is 3.07. The van der Waals surface area contributed by atoms with Crippen LogP contribution in [0.2, 0.25) is 0 Å². The molecule has 3 N–H and O–H groups in total. The van der Waals surface area contributed by atoms with E-state index in [1.54, 1.807) is 7.11 Å². The molecule has 1 aromatic carbocycles. The molecule has 0 atom stereocenters. The highest BCUT2D eigenvalue weighted by molar-refractivity contribution is 14.0. The predicted octanol–water partition coefficient (Wildman–Crippen LogP) is 3.48. The summed E-state index contributed by atoms with van der Waals surface area (Å²) in [7, 11) is 1.64. The van der Waals surface area contributed by atoms with E-state index in [-0.39, 0.29) is 24.0 Å². The Kier molecular flexibility index (Phi) is 9.38. The van der Waals surface area contributed by atoms with E-state index in [1.807, 2.05) is 24.3 Å². The number of hydrogen-bond donors (Lipinski definition) is 2. The van der Waals surface area contributed by atoms with E-state index in [1.165, 1.54) is 0 Å². The first-order valence-electron chi connectivity index (χ1n) is 6.40. The maximum Gasteiger partial charge on any atom is 0.193 e. The van der Waals surface area contributed by atoms with Crippen LogP contribution in [0.1, 0.15) is 26.7 Å². The van der Waals surface area contributed by atoms with Crippen LogP contribution in [0.25, 0.3) is 0 Å². The van der Waals surface area contributed by atoms with Crippen molar-refractivity contribution in [3.05, 3.63) is 24.3 Å². The number of benzene rings is 1. The lowest BCUT2D eigenvalue weighted by molar-refractivity contribution is 0.415. The van der Waals surface area contributed by atoms with Crippen molar-refractivity contribution < 1.29 is 4.74 Å². The van der Waals surface area contributed by atoms with Gasteiger partial charge in [-0.1, -0.05) is 32.8 Å². The number of nitrogens with zero attached hydrogens (tertiary/aromatic N) is 1. The van der Waals surface area contributed by atoms with Gasteiger partial charge in [0.15, 0.2) is 5.96 Å². The van der Waals surface area contributed by atoms with Gasteiger partial charge in [0.1, 0.15) is 5.75 Å². The molecule has 0 aliphatic carbocycles. The standard InChI is InChI=1S/C14H23N3O.HI/c1-4-11(5-2)10-16-14(15)17-12-7-6-8-13(9-12)18-3;/h6-9,11H,4-5,10H2,1-3H3,(H3,15,16,17);1H. The Morgan fingerprint density at radius 3 is 2.63 bits per heavy atom. The predicted molar refractivity (Wildman–Crippen MR) is 92.6 cm³/mol. The summed E-state index contributed by atoms with van der Waals surface area (Å²) in [4.78, 5) is 4.36. The van der Waals surface area contributed by atoms with Crippen LogP contribution in [0.4, 0.5) is 5.69 Å². The molecule has 0 spiro atoms. The summed E-state index contributed by atoms with van der Waals surface area (Å²) in [6.07, 6.45) is 2.26. The van der Waals surface area contributed by atoms with Gasteiger partial charge in [0.25, 0.3) is 0 Å². The fourth-order valence-corrected chi connectivity index (χ4v) is 1.66. The number of halogens is 1. The number of nitrogens with two attached hydrogens (primary N) is 1. The summed E-state index contributed by atoms with van der Waals surface area (Å²) >= 11 is 0. The topological polar surface area (TPSA) is 59.6 Å². The average molecular weight is 377 g/mol. The Labute approximate surface area is 132 Å². The zero-order chi connectivity index (χ0) is 13.4. The molecule has 0 aliphatic heterocycles. The lowest BCUT2D eigenvalue weighted by Gasteiger charge is -2.10. The lowest BCUT2D eigenvalue weighted by atomic mass is 10.0. The molecule has 0 fully saturated rings. The van der Waals surface area contributed by atoms with Gasteiger partial charge in [-0.05, 0) is 18.1 Å². The van der Waals surface area contributed by atoms with Crippen LogP contribution < -0.4 is 15.8 Å². The maximum absolute atomic E-state index is 5.85. The van der Waals surface area contributed by atoms with Crippen LogP contribution >= 0.6 is 24.0 Å². The Balaban J connectivity index is 0.00000324. The molecule has 4 nitrogen and oxygen atoms in total. The monoisotopic (exact) mass is 377 g/mol. The Bertz CT molecular complexity index is 392. The molecule has 0 saturated heterocycles. The number of rotatable bonds is 6. The SMILES string of the molecule is CCC(CC)CN=C(N)Nc1cccc(OC)c1.I. The quantitative estimate of drug-likeness (QED) is 0.453. The summed E-state index contributed by atoms with van der Waals surface area (Å²) in [6, 6.07) is 7.62. The Hall–Kier alpha value is -0.980. The molecule has 0 aliphatic rings. The highest BCUT2D eigenvalue weighted by Gasteiger charge is 2.02. The molecule has 1 rings (SSSR count). The van der Waals surface area contributed by atoms with Crippen molar-refractivity contribution in [2.45, 2.75) is 26.7 Å². The molecule has 0 heterocycles. The number of guanidine groups is 1. The summed E-state index contributed by atoms with van der Waals surface area (Å²) < 4.78 is 5.15. The minimum atomic E-state index is 0. The van der Waals surface area contributed by atoms with Crippen molar-refractivity contribution in [3.8, 4) is 5.75 Å². The fraction of sp³-hybridized carbons (Fsp3) is 0.500. The maximum atomic E-state index is 5.85. The molecule has 0 bridgehead atoms. The van der Waals surface area contributed by atoms with Crippen LogP contribution in [-0.2, 0) is 0 Å². The lowest BCUT2D eigenvalue weighted by Crippen LogP contribution is -2.23. The third-order valence-corrected chi connectivity index (χ3v) is 3.02. The van der Waals surface area contributed by atoms with Gasteiger partial charge < -0.3 is 15.8 Å². The molecule has 0 unspecified atom stereocenters. The van der Waals surface area contributed by atoms with Crippen LogP contribution in [0.3, 0.4) is 0 Å². The highest BCUT2D eigenvalue weighted by atomic mass is 127. The minimum Gasteiger partial charge on any atom is -0.497 e. The molecule has 0 aromatic heterocycles. The van der Waals surface area contributed by atoms with Crippen molar-refractivity contribution in [2.24, 2.45) is 16.6 Å². The molecule has 5 heteroatoms. The van der Waals surface area contributed by atoms with Gasteiger partial charge in [0.2, 0.25) is 0 Å². The molecule has 0 radical (unpaired) electrons. The molecular weight excluding hydrogens is 353 g/mol. The molecule has 19 heavy (non-hydrogen) atoms. The van der Waals surface area contributed by atoms with Gasteiger partial charge >= 0.3 is 0 Å². The summed E-state index contributed by atoms with van der Waals surface area (Å²) in [5.74, 6) is 1.86. The van der Waals surface area contributed by atoms with Gasteiger partial charge in [0, 0.05) is 18.3 Å². The van der Waals surface area contributed by atoms with Crippen LogP contribution in [0.15, 0.2) is 29.3 Å². The van der Waals surface area contributed by atoms with Crippen molar-refractivity contribution in [3.63, 3.8) is 0 Å². The molecular formula is C14H24IN3O. The van der Waals surface area contributed by atoms with E-state index in [2.05, 4.69) is 24.2 Å². The fourth-order valence-electron chi connectivity index (χ4n) is 1.66. The second-order valence-corrected chi connectivity index (χ2v) is 4.27. The van der Waals surface area contributed by atoms with Gasteiger partial charge in [-0.25, -0.2) is 0 Å².